The van der Waals surface area contributed by atoms with Gasteiger partial charge in [0.05, 0.1) is 17.4 Å². The largest absolute Gasteiger partial charge is 0.311 e. The fraction of sp³-hybridized carbons (Fsp3) is 0.429. The molecule has 4 nitrogen and oxygen atoms in total. The molecule has 1 unspecified atom stereocenters. The molecule has 0 saturated heterocycles. The van der Waals surface area contributed by atoms with E-state index in [1.54, 1.807) is 12.3 Å². The molecule has 0 bridgehead atoms. The summed E-state index contributed by atoms with van der Waals surface area (Å²) in [6.07, 6.45) is 3.17. The Bertz CT molecular complexity index is 550. The monoisotopic (exact) mass is 262 g/mol. The fourth-order valence-electron chi connectivity index (χ4n) is 2.13. The third-order valence-corrected chi connectivity index (χ3v) is 3.27. The maximum atomic E-state index is 13.8. The topological polar surface area (TPSA) is 42.7 Å². The average Bonchev–Trinajstić information content (AvgIpc) is 2.77. The zero-order valence-electron chi connectivity index (χ0n) is 11.5. The lowest BCUT2D eigenvalue weighted by atomic mass is 10.1. The van der Waals surface area contributed by atoms with E-state index >= 15 is 0 Å². The predicted molar refractivity (Wildman–Crippen MR) is 72.3 cm³/mol. The van der Waals surface area contributed by atoms with Crippen LogP contribution < -0.4 is 5.32 Å². The van der Waals surface area contributed by atoms with Crippen LogP contribution in [0.25, 0.3) is 0 Å². The molecule has 2 rings (SSSR count). The van der Waals surface area contributed by atoms with Gasteiger partial charge in [-0.2, -0.15) is 5.10 Å². The van der Waals surface area contributed by atoms with Gasteiger partial charge in [-0.3, -0.25) is 9.67 Å². The molecule has 1 atom stereocenters. The second-order valence-corrected chi connectivity index (χ2v) is 4.52. The SMILES string of the molecule is CCc1cc(CC(NC)c2ncccc2F)n(C)n1. The molecular weight excluding hydrogens is 243 g/mol. The van der Waals surface area contributed by atoms with Crippen molar-refractivity contribution in [1.82, 2.24) is 20.1 Å². The highest BCUT2D eigenvalue weighted by Crippen LogP contribution is 2.19. The van der Waals surface area contributed by atoms with Crippen LogP contribution in [0.15, 0.2) is 24.4 Å². The van der Waals surface area contributed by atoms with Gasteiger partial charge in [-0.05, 0) is 31.7 Å². The van der Waals surface area contributed by atoms with Gasteiger partial charge in [0.1, 0.15) is 5.82 Å². The maximum Gasteiger partial charge on any atom is 0.146 e. The molecule has 0 radical (unpaired) electrons. The molecule has 1 N–H and O–H groups in total. The normalized spacial score (nSPS) is 12.6. The van der Waals surface area contributed by atoms with Gasteiger partial charge in [-0.15, -0.1) is 0 Å². The van der Waals surface area contributed by atoms with E-state index < -0.39 is 0 Å². The predicted octanol–water partition coefficient (Wildman–Crippen LogP) is 2.02. The molecule has 5 heteroatoms. The Hall–Kier alpha value is -1.75. The van der Waals surface area contributed by atoms with Gasteiger partial charge in [0.25, 0.3) is 0 Å². The van der Waals surface area contributed by atoms with Crippen molar-refractivity contribution in [3.63, 3.8) is 0 Å². The average molecular weight is 262 g/mol. The summed E-state index contributed by atoms with van der Waals surface area (Å²) in [7, 11) is 3.73. The Morgan fingerprint density at radius 2 is 2.26 bits per heavy atom. The van der Waals surface area contributed by atoms with E-state index in [2.05, 4.69) is 28.4 Å². The highest BCUT2D eigenvalue weighted by Gasteiger charge is 2.17. The first-order valence-electron chi connectivity index (χ1n) is 6.45. The smallest absolute Gasteiger partial charge is 0.146 e. The molecule has 0 fully saturated rings. The van der Waals surface area contributed by atoms with Gasteiger partial charge in [0.2, 0.25) is 0 Å². The molecule has 2 aromatic heterocycles. The Kier molecular flexibility index (Phi) is 4.27. The Morgan fingerprint density at radius 1 is 1.47 bits per heavy atom. The van der Waals surface area contributed by atoms with E-state index in [4.69, 9.17) is 0 Å². The minimum absolute atomic E-state index is 0.152. The minimum atomic E-state index is -0.278. The van der Waals surface area contributed by atoms with Gasteiger partial charge in [0, 0.05) is 25.4 Å². The van der Waals surface area contributed by atoms with E-state index in [0.29, 0.717) is 12.1 Å². The second-order valence-electron chi connectivity index (χ2n) is 4.52. The molecule has 0 spiro atoms. The van der Waals surface area contributed by atoms with Crippen molar-refractivity contribution < 1.29 is 4.39 Å². The van der Waals surface area contributed by atoms with Crippen molar-refractivity contribution in [1.29, 1.82) is 0 Å². The van der Waals surface area contributed by atoms with Gasteiger partial charge in [0.15, 0.2) is 0 Å². The number of halogens is 1. The van der Waals surface area contributed by atoms with E-state index in [9.17, 15) is 4.39 Å². The number of pyridine rings is 1. The summed E-state index contributed by atoms with van der Waals surface area (Å²) in [6, 6.07) is 4.95. The molecule has 0 aliphatic heterocycles. The summed E-state index contributed by atoms with van der Waals surface area (Å²) >= 11 is 0. The highest BCUT2D eigenvalue weighted by atomic mass is 19.1. The number of hydrogen-bond acceptors (Lipinski definition) is 3. The first kappa shape index (κ1) is 13.7. The third kappa shape index (κ3) is 2.98. The van der Waals surface area contributed by atoms with Crippen molar-refractivity contribution >= 4 is 0 Å². The van der Waals surface area contributed by atoms with Crippen LogP contribution >= 0.6 is 0 Å². The third-order valence-electron chi connectivity index (χ3n) is 3.27. The van der Waals surface area contributed by atoms with Crippen LogP contribution in [0.3, 0.4) is 0 Å². The van der Waals surface area contributed by atoms with Gasteiger partial charge in [-0.25, -0.2) is 4.39 Å². The lowest BCUT2D eigenvalue weighted by Crippen LogP contribution is -2.22. The molecule has 0 aromatic carbocycles. The molecule has 102 valence electrons. The quantitative estimate of drug-likeness (QED) is 0.896. The molecule has 0 saturated carbocycles. The summed E-state index contributed by atoms with van der Waals surface area (Å²) in [5.74, 6) is -0.278. The van der Waals surface area contributed by atoms with E-state index in [1.807, 2.05) is 18.8 Å². The Balaban J connectivity index is 2.24. The maximum absolute atomic E-state index is 13.8. The van der Waals surface area contributed by atoms with Crippen molar-refractivity contribution in [2.24, 2.45) is 7.05 Å². The Morgan fingerprint density at radius 3 is 2.84 bits per heavy atom. The summed E-state index contributed by atoms with van der Waals surface area (Å²) < 4.78 is 15.6. The zero-order chi connectivity index (χ0) is 13.8. The van der Waals surface area contributed by atoms with Crippen LogP contribution in [0.1, 0.15) is 30.0 Å². The van der Waals surface area contributed by atoms with Crippen molar-refractivity contribution in [3.05, 3.63) is 47.3 Å². The lowest BCUT2D eigenvalue weighted by molar-refractivity contribution is 0.504. The number of aryl methyl sites for hydroxylation is 2. The number of rotatable bonds is 5. The first-order chi connectivity index (χ1) is 9.15. The van der Waals surface area contributed by atoms with Crippen molar-refractivity contribution in [3.8, 4) is 0 Å². The first-order valence-corrected chi connectivity index (χ1v) is 6.45. The minimum Gasteiger partial charge on any atom is -0.311 e. The van der Waals surface area contributed by atoms with Crippen LogP contribution in [0.5, 0.6) is 0 Å². The van der Waals surface area contributed by atoms with Crippen LogP contribution in [-0.2, 0) is 19.9 Å². The van der Waals surface area contributed by atoms with Crippen LogP contribution in [-0.4, -0.2) is 21.8 Å². The molecular formula is C14H19FN4. The number of aromatic nitrogens is 3. The number of hydrogen-bond donors (Lipinski definition) is 1. The number of likely N-dealkylation sites (N-methyl/N-ethyl adjacent to an activating group) is 1. The lowest BCUT2D eigenvalue weighted by Gasteiger charge is -2.16. The second kappa shape index (κ2) is 5.93. The standard InChI is InChI=1S/C14H19FN4/c1-4-10-8-11(19(3)18-10)9-13(16-2)14-12(15)6-5-7-17-14/h5-8,13,16H,4,9H2,1-3H3. The van der Waals surface area contributed by atoms with E-state index in [0.717, 1.165) is 17.8 Å². The number of nitrogens with zero attached hydrogens (tertiary/aromatic N) is 3. The molecule has 0 amide bonds. The molecule has 2 aromatic rings. The zero-order valence-corrected chi connectivity index (χ0v) is 11.5. The molecule has 0 aliphatic rings. The molecule has 19 heavy (non-hydrogen) atoms. The van der Waals surface area contributed by atoms with Crippen LogP contribution in [0, 0.1) is 5.82 Å². The Labute approximate surface area is 112 Å². The fourth-order valence-corrected chi connectivity index (χ4v) is 2.13. The van der Waals surface area contributed by atoms with E-state index in [-0.39, 0.29) is 11.9 Å². The summed E-state index contributed by atoms with van der Waals surface area (Å²) in [6.45, 7) is 2.07. The van der Waals surface area contributed by atoms with Crippen molar-refractivity contribution in [2.45, 2.75) is 25.8 Å². The van der Waals surface area contributed by atoms with Crippen molar-refractivity contribution in [2.75, 3.05) is 7.05 Å². The molecule has 0 aliphatic carbocycles. The van der Waals surface area contributed by atoms with Crippen LogP contribution in [0.4, 0.5) is 4.39 Å². The molecule has 2 heterocycles. The summed E-state index contributed by atoms with van der Waals surface area (Å²) in [4.78, 5) is 4.14. The van der Waals surface area contributed by atoms with Gasteiger partial charge >= 0.3 is 0 Å². The van der Waals surface area contributed by atoms with Gasteiger partial charge < -0.3 is 5.32 Å². The highest BCUT2D eigenvalue weighted by molar-refractivity contribution is 5.17. The number of nitrogens with one attached hydrogen (secondary N) is 1. The van der Waals surface area contributed by atoms with Gasteiger partial charge in [-0.1, -0.05) is 6.92 Å². The summed E-state index contributed by atoms with van der Waals surface area (Å²) in [5.41, 5.74) is 2.57. The van der Waals surface area contributed by atoms with Crippen LogP contribution in [0.2, 0.25) is 0 Å². The van der Waals surface area contributed by atoms with E-state index in [1.165, 1.54) is 6.07 Å². The summed E-state index contributed by atoms with van der Waals surface area (Å²) in [5, 5.41) is 7.53.